The third-order valence-corrected chi connectivity index (χ3v) is 2.92. The third kappa shape index (κ3) is 2.54. The fourth-order valence-corrected chi connectivity index (χ4v) is 1.80. The van der Waals surface area contributed by atoms with Gasteiger partial charge in [-0.2, -0.15) is 5.26 Å². The lowest BCUT2D eigenvalue weighted by Gasteiger charge is -2.07. The van der Waals surface area contributed by atoms with E-state index in [1.165, 1.54) is 11.1 Å². The lowest BCUT2D eigenvalue weighted by molar-refractivity contribution is 0.867. The van der Waals surface area contributed by atoms with Gasteiger partial charge in [-0.3, -0.25) is 0 Å². The van der Waals surface area contributed by atoms with Gasteiger partial charge in [0.25, 0.3) is 0 Å². The predicted molar refractivity (Wildman–Crippen MR) is 70.7 cm³/mol. The molecule has 0 saturated heterocycles. The summed E-state index contributed by atoms with van der Waals surface area (Å²) < 4.78 is 0. The Morgan fingerprint density at radius 2 is 1.29 bits per heavy atom. The molecule has 1 heteroatoms. The Balaban J connectivity index is 2.30. The van der Waals surface area contributed by atoms with Crippen molar-refractivity contribution in [3.8, 4) is 17.2 Å². The van der Waals surface area contributed by atoms with Crippen molar-refractivity contribution < 1.29 is 0 Å². The van der Waals surface area contributed by atoms with Crippen molar-refractivity contribution in [2.24, 2.45) is 0 Å². The molecule has 0 unspecified atom stereocenters. The summed E-state index contributed by atoms with van der Waals surface area (Å²) in [5.41, 5.74) is 4.40. The minimum absolute atomic E-state index is 0.560. The monoisotopic (exact) mass is 221 g/mol. The SMILES string of the molecule is CC(C)c1ccc(-c2ccc(C#N)cc2)cc1. The number of benzene rings is 2. The molecular weight excluding hydrogens is 206 g/mol. The smallest absolute Gasteiger partial charge is 0.0991 e. The molecule has 0 aliphatic rings. The van der Waals surface area contributed by atoms with Gasteiger partial charge in [0.05, 0.1) is 11.6 Å². The van der Waals surface area contributed by atoms with E-state index in [1.54, 1.807) is 0 Å². The van der Waals surface area contributed by atoms with E-state index in [1.807, 2.05) is 24.3 Å². The van der Waals surface area contributed by atoms with Gasteiger partial charge in [-0.25, -0.2) is 0 Å². The highest BCUT2D eigenvalue weighted by Crippen LogP contribution is 2.22. The highest BCUT2D eigenvalue weighted by Gasteiger charge is 2.01. The van der Waals surface area contributed by atoms with Crippen molar-refractivity contribution in [2.45, 2.75) is 19.8 Å². The average molecular weight is 221 g/mol. The second-order valence-corrected chi connectivity index (χ2v) is 4.47. The Bertz CT molecular complexity index is 527. The van der Waals surface area contributed by atoms with E-state index < -0.39 is 0 Å². The Kier molecular flexibility index (Phi) is 3.25. The van der Waals surface area contributed by atoms with Crippen LogP contribution in [-0.2, 0) is 0 Å². The van der Waals surface area contributed by atoms with Crippen molar-refractivity contribution in [1.29, 1.82) is 5.26 Å². The van der Waals surface area contributed by atoms with Gasteiger partial charge < -0.3 is 0 Å². The zero-order valence-corrected chi connectivity index (χ0v) is 10.1. The van der Waals surface area contributed by atoms with E-state index in [0.29, 0.717) is 11.5 Å². The van der Waals surface area contributed by atoms with Gasteiger partial charge >= 0.3 is 0 Å². The van der Waals surface area contributed by atoms with Gasteiger partial charge in [-0.05, 0) is 34.7 Å². The predicted octanol–water partition coefficient (Wildman–Crippen LogP) is 4.35. The molecule has 0 saturated carbocycles. The largest absolute Gasteiger partial charge is 0.192 e. The summed E-state index contributed by atoms with van der Waals surface area (Å²) in [6.07, 6.45) is 0. The quantitative estimate of drug-likeness (QED) is 0.739. The van der Waals surface area contributed by atoms with Gasteiger partial charge in [0.2, 0.25) is 0 Å². The van der Waals surface area contributed by atoms with E-state index in [-0.39, 0.29) is 0 Å². The first kappa shape index (κ1) is 11.4. The van der Waals surface area contributed by atoms with Gasteiger partial charge in [0.1, 0.15) is 0 Å². The molecule has 84 valence electrons. The summed E-state index contributed by atoms with van der Waals surface area (Å²) in [7, 11) is 0. The van der Waals surface area contributed by atoms with E-state index >= 15 is 0 Å². The Hall–Kier alpha value is -2.07. The van der Waals surface area contributed by atoms with Crippen LogP contribution < -0.4 is 0 Å². The molecule has 0 aromatic heterocycles. The Morgan fingerprint density at radius 3 is 1.71 bits per heavy atom. The van der Waals surface area contributed by atoms with Crippen molar-refractivity contribution in [2.75, 3.05) is 0 Å². The number of hydrogen-bond donors (Lipinski definition) is 0. The fraction of sp³-hybridized carbons (Fsp3) is 0.188. The molecule has 0 radical (unpaired) electrons. The summed E-state index contributed by atoms with van der Waals surface area (Å²) >= 11 is 0. The van der Waals surface area contributed by atoms with E-state index in [0.717, 1.165) is 5.56 Å². The molecule has 0 amide bonds. The highest BCUT2D eigenvalue weighted by molar-refractivity contribution is 5.64. The van der Waals surface area contributed by atoms with Crippen molar-refractivity contribution in [1.82, 2.24) is 0 Å². The second-order valence-electron chi connectivity index (χ2n) is 4.47. The molecule has 0 aliphatic heterocycles. The van der Waals surface area contributed by atoms with Crippen LogP contribution in [0.1, 0.15) is 30.9 Å². The van der Waals surface area contributed by atoms with Crippen LogP contribution in [0, 0.1) is 11.3 Å². The molecule has 17 heavy (non-hydrogen) atoms. The van der Waals surface area contributed by atoms with Crippen LogP contribution in [0.15, 0.2) is 48.5 Å². The van der Waals surface area contributed by atoms with Crippen LogP contribution in [0.4, 0.5) is 0 Å². The summed E-state index contributed by atoms with van der Waals surface area (Å²) in [6.45, 7) is 4.38. The van der Waals surface area contributed by atoms with Crippen LogP contribution in [0.25, 0.3) is 11.1 Å². The summed E-state index contributed by atoms with van der Waals surface area (Å²) in [4.78, 5) is 0. The first-order valence-electron chi connectivity index (χ1n) is 5.81. The first-order valence-corrected chi connectivity index (χ1v) is 5.81. The number of hydrogen-bond acceptors (Lipinski definition) is 1. The second kappa shape index (κ2) is 4.84. The Morgan fingerprint density at radius 1 is 0.824 bits per heavy atom. The molecule has 0 bridgehead atoms. The minimum atomic E-state index is 0.560. The average Bonchev–Trinajstić information content (AvgIpc) is 2.39. The van der Waals surface area contributed by atoms with Crippen LogP contribution in [0.5, 0.6) is 0 Å². The summed E-state index contributed by atoms with van der Waals surface area (Å²) in [5.74, 6) is 0.560. The number of nitriles is 1. The fourth-order valence-electron chi connectivity index (χ4n) is 1.80. The van der Waals surface area contributed by atoms with Crippen molar-refractivity contribution >= 4 is 0 Å². The highest BCUT2D eigenvalue weighted by atomic mass is 14.2. The maximum Gasteiger partial charge on any atom is 0.0991 e. The maximum absolute atomic E-state index is 8.75. The molecule has 1 nitrogen and oxygen atoms in total. The molecule has 0 fully saturated rings. The van der Waals surface area contributed by atoms with Gasteiger partial charge in [0, 0.05) is 0 Å². The topological polar surface area (TPSA) is 23.8 Å². The molecule has 2 aromatic rings. The van der Waals surface area contributed by atoms with Crippen LogP contribution in [-0.4, -0.2) is 0 Å². The number of nitrogens with zero attached hydrogens (tertiary/aromatic N) is 1. The summed E-state index contributed by atoms with van der Waals surface area (Å²) in [5, 5.41) is 8.75. The minimum Gasteiger partial charge on any atom is -0.192 e. The lowest BCUT2D eigenvalue weighted by atomic mass is 9.98. The normalized spacial score (nSPS) is 10.2. The maximum atomic E-state index is 8.75. The van der Waals surface area contributed by atoms with Crippen LogP contribution in [0.3, 0.4) is 0 Å². The molecular formula is C16H15N. The zero-order valence-electron chi connectivity index (χ0n) is 10.1. The molecule has 2 rings (SSSR count). The molecule has 0 N–H and O–H groups in total. The van der Waals surface area contributed by atoms with E-state index in [9.17, 15) is 0 Å². The van der Waals surface area contributed by atoms with Crippen LogP contribution in [0.2, 0.25) is 0 Å². The van der Waals surface area contributed by atoms with E-state index in [2.05, 4.69) is 44.2 Å². The number of rotatable bonds is 2. The summed E-state index contributed by atoms with van der Waals surface area (Å²) in [6, 6.07) is 18.4. The third-order valence-electron chi connectivity index (χ3n) is 2.92. The van der Waals surface area contributed by atoms with Crippen LogP contribution >= 0.6 is 0 Å². The van der Waals surface area contributed by atoms with Crippen molar-refractivity contribution in [3.05, 3.63) is 59.7 Å². The molecule has 0 heterocycles. The van der Waals surface area contributed by atoms with Gasteiger partial charge in [-0.1, -0.05) is 50.2 Å². The zero-order chi connectivity index (χ0) is 12.3. The molecule has 0 atom stereocenters. The lowest BCUT2D eigenvalue weighted by Crippen LogP contribution is -1.86. The molecule has 2 aromatic carbocycles. The van der Waals surface area contributed by atoms with Gasteiger partial charge in [0.15, 0.2) is 0 Å². The standard InChI is InChI=1S/C16H15N/c1-12(2)14-7-9-16(10-8-14)15-5-3-13(11-17)4-6-15/h3-10,12H,1-2H3. The van der Waals surface area contributed by atoms with E-state index in [4.69, 9.17) is 5.26 Å². The molecule has 0 aliphatic carbocycles. The Labute approximate surface area is 102 Å². The van der Waals surface area contributed by atoms with Crippen molar-refractivity contribution in [3.63, 3.8) is 0 Å². The first-order chi connectivity index (χ1) is 8.20. The molecule has 0 spiro atoms. The van der Waals surface area contributed by atoms with Gasteiger partial charge in [-0.15, -0.1) is 0 Å².